The van der Waals surface area contributed by atoms with Crippen LogP contribution in [0, 0.1) is 0 Å². The molecule has 0 saturated carbocycles. The molecule has 0 amide bonds. The van der Waals surface area contributed by atoms with E-state index in [0.29, 0.717) is 36.3 Å². The number of guanidine groups is 1. The lowest BCUT2D eigenvalue weighted by Crippen LogP contribution is -2.38. The maximum Gasteiger partial charge on any atom is 0.191 e. The monoisotopic (exact) mass is 408 g/mol. The van der Waals surface area contributed by atoms with Gasteiger partial charge >= 0.3 is 0 Å². The zero-order valence-corrected chi connectivity index (χ0v) is 17.3. The number of aryl methyl sites for hydroxylation is 1. The van der Waals surface area contributed by atoms with Crippen molar-refractivity contribution in [1.82, 2.24) is 15.6 Å². The van der Waals surface area contributed by atoms with Crippen LogP contribution in [0.3, 0.4) is 0 Å². The fourth-order valence-corrected chi connectivity index (χ4v) is 3.83. The number of ether oxygens (including phenoxy) is 2. The second-order valence-electron chi connectivity index (χ2n) is 6.05. The molecule has 0 atom stereocenters. The van der Waals surface area contributed by atoms with Gasteiger partial charge in [0.15, 0.2) is 17.5 Å². The number of hydrogen-bond donors (Lipinski definition) is 2. The highest BCUT2D eigenvalue weighted by atomic mass is 35.5. The largest absolute Gasteiger partial charge is 0.486 e. The van der Waals surface area contributed by atoms with Crippen molar-refractivity contribution in [3.63, 3.8) is 0 Å². The molecule has 0 unspecified atom stereocenters. The average molecular weight is 409 g/mol. The standard InChI is InChI=1S/C19H25ClN4O2S/c1-3-14-12-23-17(27-14)5-6-22-19(21-4-2)24-11-13-9-15(20)18-16(10-13)25-7-8-26-18/h9-10,12H,3-8,11H2,1-2H3,(H2,21,22,24). The minimum Gasteiger partial charge on any atom is -0.486 e. The summed E-state index contributed by atoms with van der Waals surface area (Å²) >= 11 is 8.07. The van der Waals surface area contributed by atoms with Crippen molar-refractivity contribution < 1.29 is 9.47 Å². The molecule has 1 aromatic heterocycles. The van der Waals surface area contributed by atoms with Gasteiger partial charge in [0.05, 0.1) is 16.6 Å². The molecule has 0 fully saturated rings. The van der Waals surface area contributed by atoms with Crippen LogP contribution in [-0.4, -0.2) is 37.2 Å². The molecule has 27 heavy (non-hydrogen) atoms. The Morgan fingerprint density at radius 2 is 2.11 bits per heavy atom. The maximum atomic E-state index is 6.30. The lowest BCUT2D eigenvalue weighted by atomic mass is 10.2. The Morgan fingerprint density at radius 3 is 2.89 bits per heavy atom. The van der Waals surface area contributed by atoms with Crippen LogP contribution in [0.5, 0.6) is 11.5 Å². The number of aromatic nitrogens is 1. The molecule has 146 valence electrons. The Balaban J connectivity index is 1.59. The van der Waals surface area contributed by atoms with E-state index in [1.54, 1.807) is 11.3 Å². The number of hydrogen-bond acceptors (Lipinski definition) is 5. The van der Waals surface area contributed by atoms with Crippen molar-refractivity contribution in [2.45, 2.75) is 33.2 Å². The van der Waals surface area contributed by atoms with Crippen LogP contribution in [0.15, 0.2) is 23.3 Å². The fraction of sp³-hybridized carbons (Fsp3) is 0.474. The van der Waals surface area contributed by atoms with Crippen LogP contribution in [0.25, 0.3) is 0 Å². The molecule has 0 radical (unpaired) electrons. The zero-order chi connectivity index (χ0) is 19.1. The second-order valence-corrected chi connectivity index (χ2v) is 7.65. The SMILES string of the molecule is CCNC(=NCc1cc(Cl)c2c(c1)OCCO2)NCCc1ncc(CC)s1. The molecule has 2 N–H and O–H groups in total. The minimum atomic E-state index is 0.503. The lowest BCUT2D eigenvalue weighted by Gasteiger charge is -2.20. The molecule has 1 aliphatic heterocycles. The molecule has 0 bridgehead atoms. The van der Waals surface area contributed by atoms with E-state index in [0.717, 1.165) is 42.5 Å². The lowest BCUT2D eigenvalue weighted by molar-refractivity contribution is 0.171. The van der Waals surface area contributed by atoms with Crippen LogP contribution < -0.4 is 20.1 Å². The molecule has 0 aliphatic carbocycles. The normalized spacial score (nSPS) is 13.5. The van der Waals surface area contributed by atoms with E-state index in [1.807, 2.05) is 25.3 Å². The van der Waals surface area contributed by atoms with Gasteiger partial charge < -0.3 is 20.1 Å². The van der Waals surface area contributed by atoms with Gasteiger partial charge in [0.1, 0.15) is 13.2 Å². The summed E-state index contributed by atoms with van der Waals surface area (Å²) in [5.41, 5.74) is 0.981. The Labute approximate surface area is 169 Å². The predicted molar refractivity (Wildman–Crippen MR) is 110 cm³/mol. The van der Waals surface area contributed by atoms with Crippen LogP contribution >= 0.6 is 22.9 Å². The molecule has 1 aliphatic rings. The molecule has 0 saturated heterocycles. The Hall–Kier alpha value is -1.99. The molecular formula is C19H25ClN4O2S. The van der Waals surface area contributed by atoms with Gasteiger partial charge in [-0.2, -0.15) is 0 Å². The second kappa shape index (κ2) is 9.80. The van der Waals surface area contributed by atoms with Crippen molar-refractivity contribution in [3.05, 3.63) is 38.8 Å². The Bertz CT molecular complexity index is 794. The summed E-state index contributed by atoms with van der Waals surface area (Å²) in [6.07, 6.45) is 3.88. The third-order valence-electron chi connectivity index (χ3n) is 4.00. The molecule has 8 heteroatoms. The van der Waals surface area contributed by atoms with E-state index >= 15 is 0 Å². The molecule has 2 heterocycles. The summed E-state index contributed by atoms with van der Waals surface area (Å²) in [6, 6.07) is 3.82. The highest BCUT2D eigenvalue weighted by molar-refractivity contribution is 7.11. The van der Waals surface area contributed by atoms with Crippen molar-refractivity contribution in [1.29, 1.82) is 0 Å². The number of nitrogens with one attached hydrogen (secondary N) is 2. The van der Waals surface area contributed by atoms with Crippen LogP contribution in [-0.2, 0) is 19.4 Å². The van der Waals surface area contributed by atoms with Gasteiger partial charge in [-0.3, -0.25) is 0 Å². The number of rotatable bonds is 7. The molecular weight excluding hydrogens is 384 g/mol. The van der Waals surface area contributed by atoms with Crippen molar-refractivity contribution >= 4 is 28.9 Å². The van der Waals surface area contributed by atoms with Crippen molar-refractivity contribution in [2.75, 3.05) is 26.3 Å². The number of nitrogens with zero attached hydrogens (tertiary/aromatic N) is 2. The van der Waals surface area contributed by atoms with Gasteiger partial charge in [-0.05, 0) is 31.0 Å². The Morgan fingerprint density at radius 1 is 1.26 bits per heavy atom. The number of aliphatic imine (C=N–C) groups is 1. The Kier molecular flexibility index (Phi) is 7.18. The van der Waals surface area contributed by atoms with Gasteiger partial charge in [-0.15, -0.1) is 11.3 Å². The third kappa shape index (κ3) is 5.49. The third-order valence-corrected chi connectivity index (χ3v) is 5.48. The van der Waals surface area contributed by atoms with Crippen LogP contribution in [0.2, 0.25) is 5.02 Å². The first-order valence-corrected chi connectivity index (χ1v) is 10.4. The van der Waals surface area contributed by atoms with E-state index in [4.69, 9.17) is 21.1 Å². The summed E-state index contributed by atoms with van der Waals surface area (Å²) in [6.45, 7) is 7.34. The smallest absolute Gasteiger partial charge is 0.191 e. The number of fused-ring (bicyclic) bond motifs is 1. The van der Waals surface area contributed by atoms with Gasteiger partial charge in [-0.25, -0.2) is 9.98 Å². The van der Waals surface area contributed by atoms with Crippen molar-refractivity contribution in [2.24, 2.45) is 4.99 Å². The van der Waals surface area contributed by atoms with Gasteiger partial charge in [0, 0.05) is 30.6 Å². The first-order valence-electron chi connectivity index (χ1n) is 9.23. The molecule has 1 aromatic carbocycles. The van der Waals surface area contributed by atoms with E-state index in [-0.39, 0.29) is 0 Å². The number of thiazole rings is 1. The summed E-state index contributed by atoms with van der Waals surface area (Å²) < 4.78 is 11.2. The van der Waals surface area contributed by atoms with E-state index in [2.05, 4.69) is 27.5 Å². The maximum absolute atomic E-state index is 6.30. The molecule has 6 nitrogen and oxygen atoms in total. The van der Waals surface area contributed by atoms with E-state index < -0.39 is 0 Å². The van der Waals surface area contributed by atoms with E-state index in [9.17, 15) is 0 Å². The molecule has 0 spiro atoms. The predicted octanol–water partition coefficient (Wildman–Crippen LogP) is 3.43. The topological polar surface area (TPSA) is 67.8 Å². The zero-order valence-electron chi connectivity index (χ0n) is 15.7. The van der Waals surface area contributed by atoms with Crippen LogP contribution in [0.4, 0.5) is 0 Å². The molecule has 3 rings (SSSR count). The van der Waals surface area contributed by atoms with Crippen molar-refractivity contribution in [3.8, 4) is 11.5 Å². The van der Waals surface area contributed by atoms with Gasteiger partial charge in [0.25, 0.3) is 0 Å². The van der Waals surface area contributed by atoms with Gasteiger partial charge in [0.2, 0.25) is 0 Å². The minimum absolute atomic E-state index is 0.503. The summed E-state index contributed by atoms with van der Waals surface area (Å²) in [5.74, 6) is 2.08. The van der Waals surface area contributed by atoms with Gasteiger partial charge in [-0.1, -0.05) is 18.5 Å². The highest BCUT2D eigenvalue weighted by Gasteiger charge is 2.16. The van der Waals surface area contributed by atoms with E-state index in [1.165, 1.54) is 4.88 Å². The summed E-state index contributed by atoms with van der Waals surface area (Å²) in [5, 5.41) is 8.33. The first-order chi connectivity index (χ1) is 13.2. The summed E-state index contributed by atoms with van der Waals surface area (Å²) in [4.78, 5) is 10.4. The average Bonchev–Trinajstić information content (AvgIpc) is 3.14. The molecule has 2 aromatic rings. The summed E-state index contributed by atoms with van der Waals surface area (Å²) in [7, 11) is 0. The first kappa shape index (κ1) is 19.8. The number of benzene rings is 1. The highest BCUT2D eigenvalue weighted by Crippen LogP contribution is 2.38. The number of halogens is 1. The fourth-order valence-electron chi connectivity index (χ4n) is 2.68. The quantitative estimate of drug-likeness (QED) is 0.542. The van der Waals surface area contributed by atoms with Crippen LogP contribution in [0.1, 0.15) is 29.3 Å².